The molecule has 10 nitrogen and oxygen atoms in total. The van der Waals surface area contributed by atoms with Crippen LogP contribution in [-0.4, -0.2) is 72.0 Å². The van der Waals surface area contributed by atoms with Crippen LogP contribution in [0.3, 0.4) is 0 Å². The Hall–Kier alpha value is -3.15. The highest BCUT2D eigenvalue weighted by Crippen LogP contribution is 2.32. The highest BCUT2D eigenvalue weighted by Gasteiger charge is 2.44. The van der Waals surface area contributed by atoms with Crippen molar-refractivity contribution in [2.24, 2.45) is 0 Å². The van der Waals surface area contributed by atoms with Crippen LogP contribution in [0.25, 0.3) is 22.3 Å². The molecule has 2 heterocycles. The van der Waals surface area contributed by atoms with E-state index in [-0.39, 0.29) is 11.2 Å². The average Bonchev–Trinajstić information content (AvgIpc) is 2.83. The number of fused-ring (bicyclic) bond motifs is 1. The number of rotatable bonds is 6. The van der Waals surface area contributed by atoms with Crippen molar-refractivity contribution in [2.75, 3.05) is 20.8 Å². The zero-order chi connectivity index (χ0) is 23.7. The summed E-state index contributed by atoms with van der Waals surface area (Å²) in [6.07, 6.45) is -6.91. The number of hydrogen-bond acceptors (Lipinski definition) is 10. The van der Waals surface area contributed by atoms with E-state index in [4.69, 9.17) is 23.4 Å². The van der Waals surface area contributed by atoms with Crippen LogP contribution in [0.4, 0.5) is 0 Å². The summed E-state index contributed by atoms with van der Waals surface area (Å²) in [5, 5.41) is 39.5. The zero-order valence-electron chi connectivity index (χ0n) is 17.9. The summed E-state index contributed by atoms with van der Waals surface area (Å²) in [4.78, 5) is 12.7. The van der Waals surface area contributed by atoms with E-state index in [1.807, 2.05) is 0 Å². The van der Waals surface area contributed by atoms with Gasteiger partial charge in [-0.1, -0.05) is 0 Å². The average molecular weight is 460 g/mol. The molecule has 10 heteroatoms. The van der Waals surface area contributed by atoms with Crippen LogP contribution < -0.4 is 19.6 Å². The van der Waals surface area contributed by atoms with Crippen LogP contribution >= 0.6 is 0 Å². The van der Waals surface area contributed by atoms with Crippen molar-refractivity contribution in [3.63, 3.8) is 0 Å². The molecule has 0 unspecified atom stereocenters. The van der Waals surface area contributed by atoms with E-state index in [2.05, 4.69) is 0 Å². The Morgan fingerprint density at radius 2 is 1.64 bits per heavy atom. The third kappa shape index (κ3) is 4.39. The van der Waals surface area contributed by atoms with Gasteiger partial charge in [-0.15, -0.1) is 0 Å². The molecule has 4 N–H and O–H groups in total. The van der Waals surface area contributed by atoms with E-state index in [0.29, 0.717) is 33.8 Å². The van der Waals surface area contributed by atoms with E-state index < -0.39 is 37.3 Å². The molecule has 1 aliphatic rings. The minimum atomic E-state index is -1.54. The first-order valence-electron chi connectivity index (χ1n) is 10.1. The van der Waals surface area contributed by atoms with E-state index in [0.717, 1.165) is 0 Å². The maximum atomic E-state index is 12.7. The van der Waals surface area contributed by atoms with Gasteiger partial charge in [-0.05, 0) is 24.3 Å². The molecule has 5 atom stereocenters. The molecule has 2 aromatic carbocycles. The predicted octanol–water partition coefficient (Wildman–Crippen LogP) is 0.656. The van der Waals surface area contributed by atoms with Crippen molar-refractivity contribution in [1.29, 1.82) is 0 Å². The summed E-state index contributed by atoms with van der Waals surface area (Å²) in [5.74, 6) is 1.41. The molecule has 0 aliphatic carbocycles. The van der Waals surface area contributed by atoms with Crippen LogP contribution in [0.5, 0.6) is 17.2 Å². The molecule has 3 aromatic rings. The molecule has 0 spiro atoms. The summed E-state index contributed by atoms with van der Waals surface area (Å²) >= 11 is 0. The number of aliphatic hydroxyl groups is 4. The molecule has 176 valence electrons. The number of hydrogen-bond donors (Lipinski definition) is 4. The van der Waals surface area contributed by atoms with Gasteiger partial charge in [0.15, 0.2) is 5.43 Å². The first-order valence-corrected chi connectivity index (χ1v) is 10.1. The maximum Gasteiger partial charge on any atom is 0.229 e. The third-order valence-electron chi connectivity index (χ3n) is 5.46. The second-order valence-electron chi connectivity index (χ2n) is 7.52. The normalized spacial score (nSPS) is 25.1. The Labute approximate surface area is 188 Å². The maximum absolute atomic E-state index is 12.7. The van der Waals surface area contributed by atoms with Gasteiger partial charge >= 0.3 is 0 Å². The molecule has 0 amide bonds. The Morgan fingerprint density at radius 3 is 2.27 bits per heavy atom. The minimum Gasteiger partial charge on any atom is -0.496 e. The lowest BCUT2D eigenvalue weighted by molar-refractivity contribution is -0.277. The standard InChI is InChI=1S/C23H24O10/c1-29-13-7-16(30-2)19-14(25)9-15(32-17(19)8-13)11-3-5-12(6-4-11)31-23-22(28)21(27)20(26)18(10-24)33-23/h3-9,18,20-24,26-28H,10H2,1-2H3/t18-,20-,21+,22-,23-/m0/s1. The van der Waals surface area contributed by atoms with Crippen LogP contribution in [-0.2, 0) is 4.74 Å². The molecule has 1 aliphatic heterocycles. The molecule has 1 fully saturated rings. The molecule has 0 bridgehead atoms. The molecule has 0 saturated carbocycles. The van der Waals surface area contributed by atoms with Gasteiger partial charge in [0.05, 0.1) is 20.8 Å². The predicted molar refractivity (Wildman–Crippen MR) is 115 cm³/mol. The molecule has 4 rings (SSSR count). The lowest BCUT2D eigenvalue weighted by Crippen LogP contribution is -2.60. The molecule has 1 aromatic heterocycles. The van der Waals surface area contributed by atoms with Gasteiger partial charge in [0.1, 0.15) is 58.4 Å². The fourth-order valence-corrected chi connectivity index (χ4v) is 3.65. The Bertz CT molecular complexity index is 1170. The van der Waals surface area contributed by atoms with Crippen LogP contribution in [0, 0.1) is 0 Å². The molecular formula is C23H24O10. The van der Waals surface area contributed by atoms with Crippen LogP contribution in [0.15, 0.2) is 51.7 Å². The summed E-state index contributed by atoms with van der Waals surface area (Å²) in [6, 6.07) is 11.0. The highest BCUT2D eigenvalue weighted by molar-refractivity contribution is 5.86. The SMILES string of the molecule is COc1cc(OC)c2c(=O)cc(-c3ccc(O[C@H]4O[C@@H](CO)[C@H](O)[C@@H](O)[C@@H]4O)cc3)oc2c1. The Kier molecular flexibility index (Phi) is 6.54. The van der Waals surface area contributed by atoms with E-state index in [1.54, 1.807) is 36.4 Å². The monoisotopic (exact) mass is 460 g/mol. The quantitative estimate of drug-likeness (QED) is 0.413. The van der Waals surface area contributed by atoms with Crippen LogP contribution in [0.2, 0.25) is 0 Å². The van der Waals surface area contributed by atoms with Crippen molar-refractivity contribution in [2.45, 2.75) is 30.7 Å². The lowest BCUT2D eigenvalue weighted by atomic mass is 9.99. The highest BCUT2D eigenvalue weighted by atomic mass is 16.7. The summed E-state index contributed by atoms with van der Waals surface area (Å²) in [7, 11) is 2.95. The fraction of sp³-hybridized carbons (Fsp3) is 0.348. The first kappa shape index (κ1) is 23.0. The first-order chi connectivity index (χ1) is 15.9. The second-order valence-corrected chi connectivity index (χ2v) is 7.52. The van der Waals surface area contributed by atoms with Gasteiger partial charge < -0.3 is 43.8 Å². The van der Waals surface area contributed by atoms with Crippen molar-refractivity contribution in [3.05, 3.63) is 52.7 Å². The van der Waals surface area contributed by atoms with Crippen molar-refractivity contribution >= 4 is 11.0 Å². The van der Waals surface area contributed by atoms with Gasteiger partial charge in [-0.25, -0.2) is 0 Å². The third-order valence-corrected chi connectivity index (χ3v) is 5.46. The number of aliphatic hydroxyl groups excluding tert-OH is 4. The smallest absolute Gasteiger partial charge is 0.229 e. The summed E-state index contributed by atoms with van der Waals surface area (Å²) in [5.41, 5.74) is 0.597. The van der Waals surface area contributed by atoms with Gasteiger partial charge in [0.25, 0.3) is 0 Å². The molecular weight excluding hydrogens is 436 g/mol. The minimum absolute atomic E-state index is 0.285. The van der Waals surface area contributed by atoms with Gasteiger partial charge in [0, 0.05) is 23.8 Å². The molecule has 33 heavy (non-hydrogen) atoms. The topological polar surface area (TPSA) is 148 Å². The van der Waals surface area contributed by atoms with Gasteiger partial charge in [-0.3, -0.25) is 4.79 Å². The van der Waals surface area contributed by atoms with Gasteiger partial charge in [-0.2, -0.15) is 0 Å². The lowest BCUT2D eigenvalue weighted by Gasteiger charge is -2.39. The summed E-state index contributed by atoms with van der Waals surface area (Å²) < 4.78 is 27.4. The van der Waals surface area contributed by atoms with Crippen LogP contribution in [0.1, 0.15) is 0 Å². The summed E-state index contributed by atoms with van der Waals surface area (Å²) in [6.45, 7) is -0.555. The van der Waals surface area contributed by atoms with Crippen molar-refractivity contribution < 1.29 is 43.8 Å². The van der Waals surface area contributed by atoms with Crippen molar-refractivity contribution in [3.8, 4) is 28.6 Å². The molecule has 0 radical (unpaired) electrons. The number of methoxy groups -OCH3 is 2. The van der Waals surface area contributed by atoms with Gasteiger partial charge in [0.2, 0.25) is 6.29 Å². The van der Waals surface area contributed by atoms with Crippen molar-refractivity contribution in [1.82, 2.24) is 0 Å². The van der Waals surface area contributed by atoms with E-state index in [1.165, 1.54) is 20.3 Å². The Morgan fingerprint density at radius 1 is 0.909 bits per heavy atom. The Balaban J connectivity index is 1.60. The fourth-order valence-electron chi connectivity index (χ4n) is 3.65. The number of ether oxygens (including phenoxy) is 4. The molecule has 1 saturated heterocycles. The number of benzene rings is 2. The zero-order valence-corrected chi connectivity index (χ0v) is 17.9. The largest absolute Gasteiger partial charge is 0.496 e. The van der Waals surface area contributed by atoms with E-state index >= 15 is 0 Å². The second kappa shape index (κ2) is 9.38. The van der Waals surface area contributed by atoms with E-state index in [9.17, 15) is 25.2 Å².